The molecule has 1 aromatic rings. The zero-order valence-corrected chi connectivity index (χ0v) is 5.93. The molecule has 0 saturated heterocycles. The fraction of sp³-hybridized carbons (Fsp3) is 0.571. The molecule has 0 radical (unpaired) electrons. The lowest BCUT2D eigenvalue weighted by atomic mass is 10.0. The van der Waals surface area contributed by atoms with Gasteiger partial charge >= 0.3 is 0 Å². The fourth-order valence-corrected chi connectivity index (χ4v) is 1.41. The van der Waals surface area contributed by atoms with Gasteiger partial charge in [-0.15, -0.1) is 0 Å². The highest BCUT2D eigenvalue weighted by Crippen LogP contribution is 2.19. The number of hydrogen-bond acceptors (Lipinski definition) is 1. The van der Waals surface area contributed by atoms with E-state index in [1.54, 1.807) is 0 Å². The number of anilines is 1. The van der Waals surface area contributed by atoms with E-state index in [4.69, 9.17) is 0 Å². The molecule has 1 heteroatoms. The molecule has 0 spiro atoms. The van der Waals surface area contributed by atoms with Crippen molar-refractivity contribution >= 4 is 5.69 Å². The summed E-state index contributed by atoms with van der Waals surface area (Å²) in [6.07, 6.45) is 2.51. The van der Waals surface area contributed by atoms with Crippen LogP contribution in [-0.2, 0) is 6.42 Å². The molecular weight excluding hydrogens is 182 g/mol. The standard InChI is InChI=1S/C9H11N.5CH4/c1-2-6-9-8(4-1)5-3-7-10-9;;;;;/h1-2,4,6,10H,3,5,7H2;5*1H4. The molecule has 1 aliphatic heterocycles. The molecule has 0 aromatic heterocycles. The summed E-state index contributed by atoms with van der Waals surface area (Å²) in [7, 11) is 0. The predicted octanol–water partition coefficient (Wildman–Crippen LogP) is 5.23. The van der Waals surface area contributed by atoms with Gasteiger partial charge < -0.3 is 5.32 Å². The first-order valence-corrected chi connectivity index (χ1v) is 3.78. The Balaban J connectivity index is -0.000000121. The van der Waals surface area contributed by atoms with E-state index in [9.17, 15) is 0 Å². The van der Waals surface area contributed by atoms with Crippen LogP contribution in [0.3, 0.4) is 0 Å². The zero-order valence-electron chi connectivity index (χ0n) is 5.93. The van der Waals surface area contributed by atoms with Crippen molar-refractivity contribution in [1.29, 1.82) is 0 Å². The monoisotopic (exact) mass is 213 g/mol. The highest BCUT2D eigenvalue weighted by atomic mass is 14.9. The summed E-state index contributed by atoms with van der Waals surface area (Å²) < 4.78 is 0. The number of benzene rings is 1. The first kappa shape index (κ1) is 23.7. The number of nitrogens with one attached hydrogen (secondary N) is 1. The average Bonchev–Trinajstić information content (AvgIpc) is 2.05. The van der Waals surface area contributed by atoms with Crippen molar-refractivity contribution in [3.8, 4) is 0 Å². The molecule has 0 amide bonds. The first-order chi connectivity index (χ1) is 4.97. The second-order valence-electron chi connectivity index (χ2n) is 2.69. The van der Waals surface area contributed by atoms with Crippen LogP contribution in [0, 0.1) is 0 Å². The van der Waals surface area contributed by atoms with Crippen LogP contribution in [0.4, 0.5) is 5.69 Å². The van der Waals surface area contributed by atoms with Crippen LogP contribution in [0.2, 0.25) is 0 Å². The molecule has 0 bridgehead atoms. The van der Waals surface area contributed by atoms with Gasteiger partial charge in [0.1, 0.15) is 0 Å². The van der Waals surface area contributed by atoms with Gasteiger partial charge in [-0.1, -0.05) is 55.3 Å². The number of rotatable bonds is 0. The van der Waals surface area contributed by atoms with E-state index in [-0.39, 0.29) is 37.1 Å². The number of para-hydroxylation sites is 1. The molecule has 2 rings (SSSR count). The summed E-state index contributed by atoms with van der Waals surface area (Å²) >= 11 is 0. The predicted molar refractivity (Wildman–Crippen MR) is 76.9 cm³/mol. The molecule has 1 aromatic carbocycles. The quantitative estimate of drug-likeness (QED) is 0.622. The number of fused-ring (bicyclic) bond motifs is 1. The molecule has 1 N–H and O–H groups in total. The van der Waals surface area contributed by atoms with Crippen molar-refractivity contribution in [2.75, 3.05) is 11.9 Å². The summed E-state index contributed by atoms with van der Waals surface area (Å²) in [5, 5.41) is 3.36. The minimum Gasteiger partial charge on any atom is -0.385 e. The van der Waals surface area contributed by atoms with Gasteiger partial charge in [-0.3, -0.25) is 0 Å². The Bertz CT molecular complexity index is 206. The summed E-state index contributed by atoms with van der Waals surface area (Å²) in [5.74, 6) is 0. The lowest BCUT2D eigenvalue weighted by Gasteiger charge is -2.16. The van der Waals surface area contributed by atoms with Gasteiger partial charge in [0.05, 0.1) is 0 Å². The Labute approximate surface area is 97.9 Å². The van der Waals surface area contributed by atoms with Crippen molar-refractivity contribution in [2.45, 2.75) is 50.0 Å². The van der Waals surface area contributed by atoms with Crippen LogP contribution in [0.1, 0.15) is 49.1 Å². The van der Waals surface area contributed by atoms with Crippen molar-refractivity contribution in [1.82, 2.24) is 0 Å². The van der Waals surface area contributed by atoms with Crippen LogP contribution < -0.4 is 5.32 Å². The largest absolute Gasteiger partial charge is 0.385 e. The summed E-state index contributed by atoms with van der Waals surface area (Å²) in [5.41, 5.74) is 2.79. The van der Waals surface area contributed by atoms with E-state index in [1.165, 1.54) is 24.1 Å². The van der Waals surface area contributed by atoms with Gasteiger partial charge in [0.15, 0.2) is 0 Å². The van der Waals surface area contributed by atoms with E-state index >= 15 is 0 Å². The Hall–Kier alpha value is -0.980. The molecule has 92 valence electrons. The topological polar surface area (TPSA) is 12.0 Å². The lowest BCUT2D eigenvalue weighted by molar-refractivity contribution is 0.830. The highest BCUT2D eigenvalue weighted by molar-refractivity contribution is 5.52. The molecule has 1 aliphatic rings. The van der Waals surface area contributed by atoms with Crippen molar-refractivity contribution in [3.05, 3.63) is 29.8 Å². The van der Waals surface area contributed by atoms with Crippen LogP contribution in [-0.4, -0.2) is 6.54 Å². The third-order valence-electron chi connectivity index (χ3n) is 1.96. The molecule has 1 heterocycles. The highest BCUT2D eigenvalue weighted by Gasteiger charge is 2.04. The van der Waals surface area contributed by atoms with Gasteiger partial charge in [0.2, 0.25) is 0 Å². The Morgan fingerprint density at radius 1 is 0.867 bits per heavy atom. The van der Waals surface area contributed by atoms with Crippen LogP contribution in [0.5, 0.6) is 0 Å². The smallest absolute Gasteiger partial charge is 0.0372 e. The molecule has 0 atom stereocenters. The second kappa shape index (κ2) is 11.1. The van der Waals surface area contributed by atoms with Crippen LogP contribution in [0.15, 0.2) is 24.3 Å². The van der Waals surface area contributed by atoms with Crippen molar-refractivity contribution in [2.24, 2.45) is 0 Å². The molecule has 15 heavy (non-hydrogen) atoms. The summed E-state index contributed by atoms with van der Waals surface area (Å²) in [4.78, 5) is 0. The zero-order chi connectivity index (χ0) is 6.81. The van der Waals surface area contributed by atoms with Crippen LogP contribution in [0.25, 0.3) is 0 Å². The van der Waals surface area contributed by atoms with Gasteiger partial charge in [0.25, 0.3) is 0 Å². The summed E-state index contributed by atoms with van der Waals surface area (Å²) in [6.45, 7) is 1.14. The molecule has 0 unspecified atom stereocenters. The van der Waals surface area contributed by atoms with Gasteiger partial charge in [0, 0.05) is 12.2 Å². The molecular formula is C14H31N. The fourth-order valence-electron chi connectivity index (χ4n) is 1.41. The Kier molecular flexibility index (Phi) is 17.5. The summed E-state index contributed by atoms with van der Waals surface area (Å²) in [6, 6.07) is 8.53. The number of aryl methyl sites for hydroxylation is 1. The second-order valence-corrected chi connectivity index (χ2v) is 2.69. The number of hydrogen-bond donors (Lipinski definition) is 1. The van der Waals surface area contributed by atoms with E-state index < -0.39 is 0 Å². The van der Waals surface area contributed by atoms with Gasteiger partial charge in [-0.05, 0) is 24.5 Å². The van der Waals surface area contributed by atoms with E-state index in [1.807, 2.05) is 0 Å². The lowest BCUT2D eigenvalue weighted by Crippen LogP contribution is -2.10. The maximum absolute atomic E-state index is 3.36. The maximum Gasteiger partial charge on any atom is 0.0372 e. The maximum atomic E-state index is 3.36. The van der Waals surface area contributed by atoms with Crippen LogP contribution >= 0.6 is 0 Å². The van der Waals surface area contributed by atoms with Gasteiger partial charge in [-0.2, -0.15) is 0 Å². The van der Waals surface area contributed by atoms with E-state index in [2.05, 4.69) is 29.6 Å². The molecule has 1 nitrogen and oxygen atoms in total. The molecule has 0 aliphatic carbocycles. The molecule has 0 fully saturated rings. The minimum atomic E-state index is 0. The Morgan fingerprint density at radius 2 is 1.47 bits per heavy atom. The normalized spacial score (nSPS) is 10.4. The van der Waals surface area contributed by atoms with Gasteiger partial charge in [-0.25, -0.2) is 0 Å². The van der Waals surface area contributed by atoms with Crippen molar-refractivity contribution < 1.29 is 0 Å². The van der Waals surface area contributed by atoms with E-state index in [0.29, 0.717) is 0 Å². The first-order valence-electron chi connectivity index (χ1n) is 3.78. The average molecular weight is 213 g/mol. The molecule has 0 saturated carbocycles. The third kappa shape index (κ3) is 5.46. The minimum absolute atomic E-state index is 0. The Morgan fingerprint density at radius 3 is 2.07 bits per heavy atom. The van der Waals surface area contributed by atoms with E-state index in [0.717, 1.165) is 6.54 Å². The SMILES string of the molecule is C.C.C.C.C.c1ccc2c(c1)CCCN2. The van der Waals surface area contributed by atoms with Crippen molar-refractivity contribution in [3.63, 3.8) is 0 Å². The third-order valence-corrected chi connectivity index (χ3v) is 1.96.